The molecule has 46 heavy (non-hydrogen) atoms. The van der Waals surface area contributed by atoms with Crippen molar-refractivity contribution in [1.82, 2.24) is 4.57 Å². The van der Waals surface area contributed by atoms with Crippen LogP contribution >= 0.6 is 0 Å². The van der Waals surface area contributed by atoms with Crippen LogP contribution in [0.2, 0.25) is 0 Å². The van der Waals surface area contributed by atoms with E-state index in [1.807, 2.05) is 0 Å². The van der Waals surface area contributed by atoms with Gasteiger partial charge in [-0.05, 0) is 81.9 Å². The van der Waals surface area contributed by atoms with Gasteiger partial charge in [-0.3, -0.25) is 0 Å². The Bertz CT molecular complexity index is 2470. The second-order valence-electron chi connectivity index (χ2n) is 11.8. The fourth-order valence-corrected chi connectivity index (χ4v) is 7.13. The maximum Gasteiger partial charge on any atom is 0.0625 e. The molecule has 1 aromatic heterocycles. The number of hydrogen-bond acceptors (Lipinski definition) is 1. The molecule has 1 heterocycles. The van der Waals surface area contributed by atoms with Crippen molar-refractivity contribution in [3.63, 3.8) is 0 Å². The predicted molar refractivity (Wildman–Crippen MR) is 196 cm³/mol. The molecule has 0 radical (unpaired) electrons. The van der Waals surface area contributed by atoms with E-state index in [-0.39, 0.29) is 0 Å². The molecule has 0 aliphatic heterocycles. The van der Waals surface area contributed by atoms with Crippen LogP contribution in [0.5, 0.6) is 0 Å². The van der Waals surface area contributed by atoms with E-state index < -0.39 is 0 Å². The Morgan fingerprint density at radius 1 is 0.370 bits per heavy atom. The number of benzene rings is 8. The molecule has 0 bridgehead atoms. The summed E-state index contributed by atoms with van der Waals surface area (Å²) in [6.07, 6.45) is 0. The van der Waals surface area contributed by atoms with Crippen LogP contribution in [0, 0.1) is 0 Å². The molecule has 0 aliphatic rings. The van der Waals surface area contributed by atoms with E-state index in [2.05, 4.69) is 191 Å². The molecule has 0 N–H and O–H groups in total. The van der Waals surface area contributed by atoms with Crippen molar-refractivity contribution >= 4 is 60.4 Å². The predicted octanol–water partition coefficient (Wildman–Crippen LogP) is 12.2. The third kappa shape index (κ3) is 4.19. The highest BCUT2D eigenvalue weighted by Gasteiger charge is 2.22. The summed E-state index contributed by atoms with van der Waals surface area (Å²) in [6.45, 7) is 0. The normalized spacial score (nSPS) is 11.5. The maximum atomic E-state index is 2.47. The average Bonchev–Trinajstić information content (AvgIpc) is 3.47. The van der Waals surface area contributed by atoms with E-state index in [1.54, 1.807) is 0 Å². The first-order chi connectivity index (χ1) is 22.8. The minimum Gasteiger partial charge on any atom is -0.310 e. The standard InChI is InChI=1S/C44H30N2/c1-4-18-33(19-5-1)45(34-20-6-2-7-21-34)36-27-28-40-42(30-36)46(35-22-8-3-9-23-35)44-38-25-13-11-16-32(38)29-41(43(40)44)39-26-14-17-31-15-10-12-24-37(31)39/h1-30H. The van der Waals surface area contributed by atoms with Crippen molar-refractivity contribution in [2.24, 2.45) is 0 Å². The minimum absolute atomic E-state index is 1.11. The highest BCUT2D eigenvalue weighted by atomic mass is 15.1. The van der Waals surface area contributed by atoms with Gasteiger partial charge in [-0.15, -0.1) is 0 Å². The molecule has 0 aliphatic carbocycles. The molecule has 216 valence electrons. The van der Waals surface area contributed by atoms with Gasteiger partial charge in [-0.2, -0.15) is 0 Å². The Morgan fingerprint density at radius 3 is 1.67 bits per heavy atom. The molecule has 8 aromatic carbocycles. The summed E-state index contributed by atoms with van der Waals surface area (Å²) in [6, 6.07) is 65.6. The molecular formula is C44H30N2. The molecule has 0 fully saturated rings. The zero-order valence-electron chi connectivity index (χ0n) is 25.2. The van der Waals surface area contributed by atoms with Crippen LogP contribution < -0.4 is 4.90 Å². The van der Waals surface area contributed by atoms with E-state index >= 15 is 0 Å². The zero-order chi connectivity index (χ0) is 30.5. The minimum atomic E-state index is 1.11. The molecule has 0 saturated heterocycles. The van der Waals surface area contributed by atoms with Gasteiger partial charge in [0.25, 0.3) is 0 Å². The fourth-order valence-electron chi connectivity index (χ4n) is 7.13. The first-order valence-electron chi connectivity index (χ1n) is 15.8. The van der Waals surface area contributed by atoms with E-state index in [9.17, 15) is 0 Å². The quantitative estimate of drug-likeness (QED) is 0.195. The van der Waals surface area contributed by atoms with E-state index in [0.717, 1.165) is 22.7 Å². The van der Waals surface area contributed by atoms with Crippen LogP contribution in [-0.2, 0) is 0 Å². The fraction of sp³-hybridized carbons (Fsp3) is 0. The van der Waals surface area contributed by atoms with Gasteiger partial charge in [0.1, 0.15) is 0 Å². The Kier molecular flexibility index (Phi) is 6.17. The lowest BCUT2D eigenvalue weighted by Gasteiger charge is -2.25. The number of para-hydroxylation sites is 3. The van der Waals surface area contributed by atoms with Gasteiger partial charge in [-0.1, -0.05) is 127 Å². The highest BCUT2D eigenvalue weighted by Crippen LogP contribution is 2.46. The topological polar surface area (TPSA) is 8.17 Å². The van der Waals surface area contributed by atoms with Crippen LogP contribution in [-0.4, -0.2) is 4.57 Å². The van der Waals surface area contributed by atoms with E-state index in [4.69, 9.17) is 0 Å². The lowest BCUT2D eigenvalue weighted by Crippen LogP contribution is -2.09. The summed E-state index contributed by atoms with van der Waals surface area (Å²) in [5.41, 5.74) is 9.40. The van der Waals surface area contributed by atoms with Gasteiger partial charge in [-0.25, -0.2) is 0 Å². The maximum absolute atomic E-state index is 2.47. The second kappa shape index (κ2) is 10.8. The summed E-state index contributed by atoms with van der Waals surface area (Å²) < 4.78 is 2.47. The molecule has 2 nitrogen and oxygen atoms in total. The van der Waals surface area contributed by atoms with Crippen LogP contribution in [0.25, 0.3) is 60.2 Å². The van der Waals surface area contributed by atoms with Gasteiger partial charge >= 0.3 is 0 Å². The molecule has 9 rings (SSSR count). The number of anilines is 3. The van der Waals surface area contributed by atoms with Crippen molar-refractivity contribution in [1.29, 1.82) is 0 Å². The third-order valence-electron chi connectivity index (χ3n) is 9.12. The smallest absolute Gasteiger partial charge is 0.0625 e. The summed E-state index contributed by atoms with van der Waals surface area (Å²) in [5, 5.41) is 7.48. The number of aromatic nitrogens is 1. The van der Waals surface area contributed by atoms with Crippen LogP contribution in [0.15, 0.2) is 182 Å². The number of fused-ring (bicyclic) bond motifs is 6. The number of nitrogens with zero attached hydrogens (tertiary/aromatic N) is 2. The van der Waals surface area contributed by atoms with Gasteiger partial charge in [0.2, 0.25) is 0 Å². The molecule has 9 aromatic rings. The molecule has 0 unspecified atom stereocenters. The molecule has 2 heteroatoms. The average molecular weight is 587 g/mol. The molecule has 0 saturated carbocycles. The van der Waals surface area contributed by atoms with Gasteiger partial charge in [0, 0.05) is 38.9 Å². The zero-order valence-corrected chi connectivity index (χ0v) is 25.2. The first kappa shape index (κ1) is 26.3. The third-order valence-corrected chi connectivity index (χ3v) is 9.12. The Balaban J connectivity index is 1.44. The molecule has 0 spiro atoms. The van der Waals surface area contributed by atoms with Crippen LogP contribution in [0.4, 0.5) is 17.1 Å². The largest absolute Gasteiger partial charge is 0.310 e. The summed E-state index contributed by atoms with van der Waals surface area (Å²) in [5.74, 6) is 0. The summed E-state index contributed by atoms with van der Waals surface area (Å²) >= 11 is 0. The van der Waals surface area contributed by atoms with Gasteiger partial charge < -0.3 is 9.47 Å². The van der Waals surface area contributed by atoms with Crippen molar-refractivity contribution < 1.29 is 0 Å². The van der Waals surface area contributed by atoms with Crippen molar-refractivity contribution in [3.8, 4) is 16.8 Å². The first-order valence-corrected chi connectivity index (χ1v) is 15.8. The van der Waals surface area contributed by atoms with Crippen molar-refractivity contribution in [2.75, 3.05) is 4.90 Å². The van der Waals surface area contributed by atoms with Gasteiger partial charge in [0.15, 0.2) is 0 Å². The van der Waals surface area contributed by atoms with E-state index in [0.29, 0.717) is 0 Å². The van der Waals surface area contributed by atoms with E-state index in [1.165, 1.54) is 54.5 Å². The number of hydrogen-bond donors (Lipinski definition) is 0. The molecule has 0 atom stereocenters. The summed E-state index contributed by atoms with van der Waals surface area (Å²) in [7, 11) is 0. The number of rotatable bonds is 5. The monoisotopic (exact) mass is 586 g/mol. The van der Waals surface area contributed by atoms with Crippen molar-refractivity contribution in [2.45, 2.75) is 0 Å². The summed E-state index contributed by atoms with van der Waals surface area (Å²) in [4.78, 5) is 2.34. The van der Waals surface area contributed by atoms with Crippen LogP contribution in [0.3, 0.4) is 0 Å². The molecular weight excluding hydrogens is 556 g/mol. The Morgan fingerprint density at radius 2 is 0.957 bits per heavy atom. The SMILES string of the molecule is c1ccc(N(c2ccccc2)c2ccc3c4c(-c5cccc6ccccc56)cc5ccccc5c4n(-c4ccccc4)c3c2)cc1. The Hall–Kier alpha value is -6.12. The van der Waals surface area contributed by atoms with Crippen molar-refractivity contribution in [3.05, 3.63) is 182 Å². The lowest BCUT2D eigenvalue weighted by atomic mass is 9.92. The molecule has 0 amide bonds. The lowest BCUT2D eigenvalue weighted by molar-refractivity contribution is 1.18. The highest BCUT2D eigenvalue weighted by molar-refractivity contribution is 6.25. The van der Waals surface area contributed by atoms with Gasteiger partial charge in [0.05, 0.1) is 11.0 Å². The Labute approximate surface area is 268 Å². The van der Waals surface area contributed by atoms with Crippen LogP contribution in [0.1, 0.15) is 0 Å². The second-order valence-corrected chi connectivity index (χ2v) is 11.8.